The summed E-state index contributed by atoms with van der Waals surface area (Å²) in [4.78, 5) is 12.2. The van der Waals surface area contributed by atoms with Crippen molar-refractivity contribution < 1.29 is 9.21 Å². The molecule has 134 valence electrons. The molecule has 1 aliphatic rings. The maximum Gasteiger partial charge on any atom is 0.223 e. The van der Waals surface area contributed by atoms with Crippen LogP contribution in [-0.4, -0.2) is 22.2 Å². The number of hydrogen-bond acceptors (Lipinski definition) is 3. The molecule has 2 aromatic heterocycles. The Morgan fingerprint density at radius 1 is 1.27 bits per heavy atom. The smallest absolute Gasteiger partial charge is 0.223 e. The molecule has 0 spiro atoms. The molecular weight excluding hydrogens is 326 g/mol. The molecule has 1 N–H and O–H groups in total. The number of nitrogens with zero attached hydrogens (tertiary/aromatic N) is 2. The van der Waals surface area contributed by atoms with Crippen molar-refractivity contribution in [2.75, 3.05) is 6.54 Å². The Kier molecular flexibility index (Phi) is 4.61. The third-order valence-corrected chi connectivity index (χ3v) is 4.98. The van der Waals surface area contributed by atoms with E-state index in [0.717, 1.165) is 36.4 Å². The van der Waals surface area contributed by atoms with Crippen molar-refractivity contribution >= 4 is 5.91 Å². The van der Waals surface area contributed by atoms with Crippen LogP contribution in [0.5, 0.6) is 0 Å². The highest BCUT2D eigenvalue weighted by molar-refractivity contribution is 5.82. The minimum atomic E-state index is 0.0729. The number of carbonyl (C=O) groups excluding carboxylic acids is 1. The molecule has 4 rings (SSSR count). The number of para-hydroxylation sites is 1. The van der Waals surface area contributed by atoms with E-state index in [4.69, 9.17) is 4.42 Å². The molecule has 2 unspecified atom stereocenters. The van der Waals surface area contributed by atoms with E-state index < -0.39 is 0 Å². The third kappa shape index (κ3) is 3.57. The van der Waals surface area contributed by atoms with Crippen molar-refractivity contribution in [3.05, 3.63) is 71.9 Å². The number of aryl methyl sites for hydroxylation is 2. The Morgan fingerprint density at radius 3 is 2.88 bits per heavy atom. The first kappa shape index (κ1) is 16.6. The summed E-state index contributed by atoms with van der Waals surface area (Å²) in [7, 11) is 0. The minimum absolute atomic E-state index is 0.0729. The molecule has 26 heavy (non-hydrogen) atoms. The van der Waals surface area contributed by atoms with Crippen LogP contribution in [-0.2, 0) is 11.2 Å². The van der Waals surface area contributed by atoms with Gasteiger partial charge in [0.1, 0.15) is 5.76 Å². The first-order valence-corrected chi connectivity index (χ1v) is 9.14. The number of amides is 1. The molecular formula is C21H23N3O2. The standard InChI is InChI=1S/C21H23N3O2/c1-15-16(14-24(23-15)17-8-3-2-4-9-17)7-5-11-22-21(25)19-13-18(19)20-10-6-12-26-20/h2-4,6,8-10,12,14,18-19H,5,7,11,13H2,1H3,(H,22,25). The molecule has 1 fully saturated rings. The minimum Gasteiger partial charge on any atom is -0.469 e. The monoisotopic (exact) mass is 349 g/mol. The van der Waals surface area contributed by atoms with Crippen molar-refractivity contribution in [1.29, 1.82) is 0 Å². The molecule has 0 saturated heterocycles. The van der Waals surface area contributed by atoms with Crippen LogP contribution in [0.25, 0.3) is 5.69 Å². The van der Waals surface area contributed by atoms with Crippen LogP contribution in [0.2, 0.25) is 0 Å². The van der Waals surface area contributed by atoms with Crippen molar-refractivity contribution in [2.45, 2.75) is 32.1 Å². The summed E-state index contributed by atoms with van der Waals surface area (Å²) in [6, 6.07) is 13.9. The summed E-state index contributed by atoms with van der Waals surface area (Å²) in [5, 5.41) is 7.65. The van der Waals surface area contributed by atoms with Crippen LogP contribution < -0.4 is 5.32 Å². The zero-order chi connectivity index (χ0) is 17.9. The normalized spacial score (nSPS) is 18.7. The first-order chi connectivity index (χ1) is 12.7. The third-order valence-electron chi connectivity index (χ3n) is 4.98. The number of rotatable bonds is 7. The highest BCUT2D eigenvalue weighted by Gasteiger charge is 2.45. The molecule has 0 bridgehead atoms. The molecule has 1 amide bonds. The lowest BCUT2D eigenvalue weighted by molar-refractivity contribution is -0.122. The highest BCUT2D eigenvalue weighted by atomic mass is 16.3. The fourth-order valence-electron chi connectivity index (χ4n) is 3.38. The number of carbonyl (C=O) groups is 1. The van der Waals surface area contributed by atoms with Crippen LogP contribution in [0, 0.1) is 12.8 Å². The first-order valence-electron chi connectivity index (χ1n) is 9.14. The molecule has 2 heterocycles. The van der Waals surface area contributed by atoms with Gasteiger partial charge < -0.3 is 9.73 Å². The topological polar surface area (TPSA) is 60.1 Å². The second-order valence-electron chi connectivity index (χ2n) is 6.88. The highest BCUT2D eigenvalue weighted by Crippen LogP contribution is 2.47. The van der Waals surface area contributed by atoms with Gasteiger partial charge in [-0.25, -0.2) is 4.68 Å². The molecule has 1 aliphatic carbocycles. The number of hydrogen-bond donors (Lipinski definition) is 1. The SMILES string of the molecule is Cc1nn(-c2ccccc2)cc1CCCNC(=O)C1CC1c1ccco1. The summed E-state index contributed by atoms with van der Waals surface area (Å²) in [6.45, 7) is 2.72. The van der Waals surface area contributed by atoms with Crippen molar-refractivity contribution in [2.24, 2.45) is 5.92 Å². The average molecular weight is 349 g/mol. The van der Waals surface area contributed by atoms with Crippen molar-refractivity contribution in [1.82, 2.24) is 15.1 Å². The van der Waals surface area contributed by atoms with E-state index in [2.05, 4.69) is 16.6 Å². The van der Waals surface area contributed by atoms with Crippen LogP contribution in [0.4, 0.5) is 0 Å². The zero-order valence-electron chi connectivity index (χ0n) is 14.9. The van der Waals surface area contributed by atoms with E-state index in [-0.39, 0.29) is 17.7 Å². The number of aromatic nitrogens is 2. The number of benzene rings is 1. The molecule has 3 aromatic rings. The van der Waals surface area contributed by atoms with Gasteiger partial charge in [-0.05, 0) is 56.0 Å². The van der Waals surface area contributed by atoms with Gasteiger partial charge in [0.2, 0.25) is 5.91 Å². The van der Waals surface area contributed by atoms with E-state index >= 15 is 0 Å². The lowest BCUT2D eigenvalue weighted by atomic mass is 10.1. The van der Waals surface area contributed by atoms with Gasteiger partial charge in [-0.15, -0.1) is 0 Å². The lowest BCUT2D eigenvalue weighted by Gasteiger charge is -2.04. The Morgan fingerprint density at radius 2 is 2.12 bits per heavy atom. The zero-order valence-corrected chi connectivity index (χ0v) is 14.9. The summed E-state index contributed by atoms with van der Waals surface area (Å²) < 4.78 is 7.30. The van der Waals surface area contributed by atoms with Gasteiger partial charge >= 0.3 is 0 Å². The van der Waals surface area contributed by atoms with Gasteiger partial charge in [-0.3, -0.25) is 4.79 Å². The van der Waals surface area contributed by atoms with Gasteiger partial charge in [-0.1, -0.05) is 18.2 Å². The van der Waals surface area contributed by atoms with E-state index in [9.17, 15) is 4.79 Å². The maximum absolute atomic E-state index is 12.2. The van der Waals surface area contributed by atoms with Crippen molar-refractivity contribution in [3.8, 4) is 5.69 Å². The Bertz CT molecular complexity index is 868. The molecule has 5 heteroatoms. The van der Waals surface area contributed by atoms with Crippen LogP contribution in [0.15, 0.2) is 59.3 Å². The Balaban J connectivity index is 1.24. The molecule has 0 radical (unpaired) electrons. The quantitative estimate of drug-likeness (QED) is 0.663. The largest absolute Gasteiger partial charge is 0.469 e. The molecule has 1 aromatic carbocycles. The predicted octanol–water partition coefficient (Wildman–Crippen LogP) is 3.63. The Labute approximate surface area is 153 Å². The molecule has 0 aliphatic heterocycles. The number of nitrogens with one attached hydrogen (secondary N) is 1. The fraction of sp³-hybridized carbons (Fsp3) is 0.333. The van der Waals surface area contributed by atoms with Gasteiger partial charge in [0.05, 0.1) is 17.6 Å². The van der Waals surface area contributed by atoms with E-state index in [1.807, 2.05) is 54.1 Å². The number of furan rings is 1. The maximum atomic E-state index is 12.2. The van der Waals surface area contributed by atoms with Crippen molar-refractivity contribution in [3.63, 3.8) is 0 Å². The summed E-state index contributed by atoms with van der Waals surface area (Å²) in [6.07, 6.45) is 6.46. The second-order valence-corrected chi connectivity index (χ2v) is 6.88. The van der Waals surface area contributed by atoms with Gasteiger partial charge in [0.15, 0.2) is 0 Å². The molecule has 2 atom stereocenters. The second kappa shape index (κ2) is 7.20. The molecule has 5 nitrogen and oxygen atoms in total. The van der Waals surface area contributed by atoms with Crippen LogP contribution in [0.1, 0.15) is 35.8 Å². The van der Waals surface area contributed by atoms with E-state index in [1.165, 1.54) is 5.56 Å². The van der Waals surface area contributed by atoms with Gasteiger partial charge in [0.25, 0.3) is 0 Å². The van der Waals surface area contributed by atoms with Gasteiger partial charge in [-0.2, -0.15) is 5.10 Å². The predicted molar refractivity (Wildman–Crippen MR) is 99.2 cm³/mol. The lowest BCUT2D eigenvalue weighted by Crippen LogP contribution is -2.26. The van der Waals surface area contributed by atoms with Crippen LogP contribution >= 0.6 is 0 Å². The summed E-state index contributed by atoms with van der Waals surface area (Å²) in [5.41, 5.74) is 3.33. The van der Waals surface area contributed by atoms with E-state index in [0.29, 0.717) is 6.54 Å². The van der Waals surface area contributed by atoms with Crippen LogP contribution in [0.3, 0.4) is 0 Å². The summed E-state index contributed by atoms with van der Waals surface area (Å²) >= 11 is 0. The fourth-order valence-corrected chi connectivity index (χ4v) is 3.38. The average Bonchev–Trinajstić information content (AvgIpc) is 3.10. The summed E-state index contributed by atoms with van der Waals surface area (Å²) in [5.74, 6) is 1.40. The van der Waals surface area contributed by atoms with E-state index in [1.54, 1.807) is 6.26 Å². The molecule has 1 saturated carbocycles. The Hall–Kier alpha value is -2.82. The van der Waals surface area contributed by atoms with Gasteiger partial charge in [0, 0.05) is 24.6 Å².